The van der Waals surface area contributed by atoms with E-state index >= 15 is 0 Å². The summed E-state index contributed by atoms with van der Waals surface area (Å²) >= 11 is 3.48. The zero-order chi connectivity index (χ0) is 14.1. The lowest BCUT2D eigenvalue weighted by atomic mass is 10.0. The summed E-state index contributed by atoms with van der Waals surface area (Å²) in [6.45, 7) is 2.59. The smallest absolute Gasteiger partial charge is 0.125 e. The van der Waals surface area contributed by atoms with Gasteiger partial charge in [0.2, 0.25) is 0 Å². The van der Waals surface area contributed by atoms with Crippen molar-refractivity contribution >= 4 is 26.7 Å². The van der Waals surface area contributed by atoms with Gasteiger partial charge in [-0.25, -0.2) is 0 Å². The number of hydrogen-bond acceptors (Lipinski definition) is 2. The highest BCUT2D eigenvalue weighted by Crippen LogP contribution is 2.28. The van der Waals surface area contributed by atoms with Crippen molar-refractivity contribution in [3.8, 4) is 5.75 Å². The zero-order valence-electron chi connectivity index (χ0n) is 11.3. The molecule has 0 bridgehead atoms. The van der Waals surface area contributed by atoms with Crippen LogP contribution in [0.5, 0.6) is 5.75 Å². The normalized spacial score (nSPS) is 23.1. The van der Waals surface area contributed by atoms with Crippen LogP contribution < -0.4 is 4.90 Å². The minimum Gasteiger partial charge on any atom is -0.507 e. The molecule has 106 valence electrons. The first-order valence-corrected chi connectivity index (χ1v) is 7.84. The first kappa shape index (κ1) is 13.9. The van der Waals surface area contributed by atoms with Crippen molar-refractivity contribution in [2.24, 2.45) is 0 Å². The van der Waals surface area contributed by atoms with E-state index in [2.05, 4.69) is 22.0 Å². The average Bonchev–Trinajstić information content (AvgIpc) is 2.42. The van der Waals surface area contributed by atoms with Gasteiger partial charge in [-0.3, -0.25) is 0 Å². The number of quaternary nitrogens is 1. The number of hydrogen-bond donors (Lipinski definition) is 3. The summed E-state index contributed by atoms with van der Waals surface area (Å²) in [7, 11) is 0. The van der Waals surface area contributed by atoms with Crippen LogP contribution in [-0.2, 0) is 6.54 Å². The highest BCUT2D eigenvalue weighted by Gasteiger charge is 2.22. The fraction of sp³-hybridized carbons (Fsp3) is 0.375. The van der Waals surface area contributed by atoms with Crippen molar-refractivity contribution in [1.29, 1.82) is 0 Å². The van der Waals surface area contributed by atoms with Crippen LogP contribution in [0.2, 0.25) is 0 Å². The van der Waals surface area contributed by atoms with Gasteiger partial charge in [-0.2, -0.15) is 0 Å². The fourth-order valence-corrected chi connectivity index (χ4v) is 3.45. The summed E-state index contributed by atoms with van der Waals surface area (Å²) in [6, 6.07) is 9.84. The Kier molecular flexibility index (Phi) is 3.96. The third-order valence-corrected chi connectivity index (χ3v) is 4.58. The van der Waals surface area contributed by atoms with Crippen LogP contribution in [0.15, 0.2) is 34.8 Å². The van der Waals surface area contributed by atoms with E-state index in [0.717, 1.165) is 53.3 Å². The molecule has 0 spiro atoms. The number of likely N-dealkylation sites (tertiary alicyclic amines) is 1. The first-order valence-electron chi connectivity index (χ1n) is 7.05. The molecule has 1 aliphatic rings. The van der Waals surface area contributed by atoms with E-state index in [1.165, 1.54) is 4.90 Å². The third-order valence-electron chi connectivity index (χ3n) is 4.09. The predicted molar refractivity (Wildman–Crippen MR) is 83.0 cm³/mol. The molecule has 0 aliphatic carbocycles. The van der Waals surface area contributed by atoms with Crippen molar-refractivity contribution in [1.82, 2.24) is 0 Å². The summed E-state index contributed by atoms with van der Waals surface area (Å²) in [6.07, 6.45) is 1.75. The Labute approximate surface area is 127 Å². The molecular formula is C16H19BrNO2+. The van der Waals surface area contributed by atoms with Crippen LogP contribution in [0.1, 0.15) is 18.4 Å². The SMILES string of the molecule is Oc1ccc2cc(Br)ccc2c1C[NH+]1CCC[C@@H](O)C1. The number of aliphatic hydroxyl groups is 1. The molecule has 1 saturated heterocycles. The van der Waals surface area contributed by atoms with Crippen molar-refractivity contribution in [2.75, 3.05) is 13.1 Å². The summed E-state index contributed by atoms with van der Waals surface area (Å²) < 4.78 is 1.04. The van der Waals surface area contributed by atoms with E-state index < -0.39 is 0 Å². The second-order valence-corrected chi connectivity index (χ2v) is 6.52. The van der Waals surface area contributed by atoms with Gasteiger partial charge < -0.3 is 15.1 Å². The van der Waals surface area contributed by atoms with E-state index in [1.54, 1.807) is 6.07 Å². The van der Waals surface area contributed by atoms with Crippen LogP contribution in [0.25, 0.3) is 10.8 Å². The van der Waals surface area contributed by atoms with Crippen molar-refractivity contribution in [3.63, 3.8) is 0 Å². The maximum atomic E-state index is 10.2. The van der Waals surface area contributed by atoms with Crippen LogP contribution >= 0.6 is 15.9 Å². The van der Waals surface area contributed by atoms with Crippen LogP contribution in [0.4, 0.5) is 0 Å². The number of piperidine rings is 1. The topological polar surface area (TPSA) is 44.9 Å². The summed E-state index contributed by atoms with van der Waals surface area (Å²) in [4.78, 5) is 1.34. The first-order chi connectivity index (χ1) is 9.63. The Bertz CT molecular complexity index is 629. The Hall–Kier alpha value is -1.10. The molecule has 20 heavy (non-hydrogen) atoms. The largest absolute Gasteiger partial charge is 0.507 e. The molecule has 1 heterocycles. The quantitative estimate of drug-likeness (QED) is 0.783. The third kappa shape index (κ3) is 2.82. The maximum absolute atomic E-state index is 10.2. The van der Waals surface area contributed by atoms with Crippen LogP contribution in [0.3, 0.4) is 0 Å². The van der Waals surface area contributed by atoms with Gasteiger partial charge in [0.15, 0.2) is 0 Å². The molecule has 2 aromatic carbocycles. The van der Waals surface area contributed by atoms with Crippen LogP contribution in [-0.4, -0.2) is 29.4 Å². The second kappa shape index (κ2) is 5.72. The molecule has 0 amide bonds. The lowest BCUT2D eigenvalue weighted by Crippen LogP contribution is -3.12. The minimum atomic E-state index is -0.204. The molecule has 1 fully saturated rings. The second-order valence-electron chi connectivity index (χ2n) is 5.61. The van der Waals surface area contributed by atoms with E-state index in [0.29, 0.717) is 5.75 Å². The lowest BCUT2D eigenvalue weighted by molar-refractivity contribution is -0.921. The Balaban J connectivity index is 1.95. The molecule has 3 N–H and O–H groups in total. The Morgan fingerprint density at radius 1 is 1.25 bits per heavy atom. The number of fused-ring (bicyclic) bond motifs is 1. The molecule has 1 aliphatic heterocycles. The molecule has 3 rings (SSSR count). The molecule has 0 radical (unpaired) electrons. The maximum Gasteiger partial charge on any atom is 0.125 e. The molecule has 1 unspecified atom stereocenters. The standard InChI is InChI=1S/C16H18BrNO2/c17-12-4-5-14-11(8-12)3-6-16(20)15(14)10-18-7-1-2-13(19)9-18/h3-6,8,13,19-20H,1-2,7,9-10H2/p+1/t13-/m1/s1. The molecule has 3 nitrogen and oxygen atoms in total. The summed E-state index contributed by atoms with van der Waals surface area (Å²) in [5, 5.41) is 22.2. The van der Waals surface area contributed by atoms with Gasteiger partial charge in [0.1, 0.15) is 24.9 Å². The number of benzene rings is 2. The molecule has 0 aromatic heterocycles. The van der Waals surface area contributed by atoms with Gasteiger partial charge in [0.05, 0.1) is 12.1 Å². The fourth-order valence-electron chi connectivity index (χ4n) is 3.07. The van der Waals surface area contributed by atoms with Crippen LogP contribution in [0, 0.1) is 0 Å². The number of aliphatic hydroxyl groups excluding tert-OH is 1. The predicted octanol–water partition coefficient (Wildman–Crippen LogP) is 1.85. The molecule has 2 atom stereocenters. The van der Waals surface area contributed by atoms with Gasteiger partial charge >= 0.3 is 0 Å². The van der Waals surface area contributed by atoms with Gasteiger partial charge in [0.25, 0.3) is 0 Å². The van der Waals surface area contributed by atoms with E-state index in [1.807, 2.05) is 18.2 Å². The van der Waals surface area contributed by atoms with Crippen molar-refractivity contribution in [2.45, 2.75) is 25.5 Å². The molecule has 0 saturated carbocycles. The van der Waals surface area contributed by atoms with E-state index in [9.17, 15) is 10.2 Å². The number of phenols is 1. The van der Waals surface area contributed by atoms with Gasteiger partial charge in [-0.05, 0) is 41.8 Å². The van der Waals surface area contributed by atoms with Crippen molar-refractivity contribution < 1.29 is 15.1 Å². The number of phenolic OH excluding ortho intramolecular Hbond substituents is 1. The van der Waals surface area contributed by atoms with E-state index in [4.69, 9.17) is 0 Å². The van der Waals surface area contributed by atoms with Gasteiger partial charge in [-0.1, -0.05) is 28.1 Å². The summed E-state index contributed by atoms with van der Waals surface area (Å²) in [5.41, 5.74) is 0.985. The molecular weight excluding hydrogens is 318 g/mol. The highest BCUT2D eigenvalue weighted by molar-refractivity contribution is 9.10. The van der Waals surface area contributed by atoms with Gasteiger partial charge in [-0.15, -0.1) is 0 Å². The average molecular weight is 337 g/mol. The number of aromatic hydroxyl groups is 1. The Morgan fingerprint density at radius 3 is 2.90 bits per heavy atom. The zero-order valence-corrected chi connectivity index (χ0v) is 12.9. The minimum absolute atomic E-state index is 0.204. The lowest BCUT2D eigenvalue weighted by Gasteiger charge is -2.27. The highest BCUT2D eigenvalue weighted by atomic mass is 79.9. The molecule has 4 heteroatoms. The summed E-state index contributed by atoms with van der Waals surface area (Å²) in [5.74, 6) is 0.354. The monoisotopic (exact) mass is 336 g/mol. The molecule has 2 aromatic rings. The Morgan fingerprint density at radius 2 is 2.10 bits per heavy atom. The van der Waals surface area contributed by atoms with Crippen molar-refractivity contribution in [3.05, 3.63) is 40.4 Å². The van der Waals surface area contributed by atoms with Gasteiger partial charge in [0, 0.05) is 4.47 Å². The number of nitrogens with one attached hydrogen (secondary N) is 1. The number of rotatable bonds is 2. The van der Waals surface area contributed by atoms with E-state index in [-0.39, 0.29) is 6.10 Å². The number of halogens is 1.